The first-order valence-corrected chi connectivity index (χ1v) is 7.79. The Hall–Kier alpha value is -0.710. The summed E-state index contributed by atoms with van der Waals surface area (Å²) in [6.45, 7) is 3.46. The van der Waals surface area contributed by atoms with Gasteiger partial charge in [-0.05, 0) is 12.8 Å². The van der Waals surface area contributed by atoms with E-state index in [1.54, 1.807) is 13.8 Å². The zero-order valence-electron chi connectivity index (χ0n) is 10.6. The number of carbonyl (C=O) groups excluding carboxylic acids is 2. The number of phosphoric ester groups is 1. The van der Waals surface area contributed by atoms with Gasteiger partial charge in [0.05, 0.1) is 0 Å². The van der Waals surface area contributed by atoms with Crippen LogP contribution in [0.25, 0.3) is 0 Å². The van der Waals surface area contributed by atoms with Crippen molar-refractivity contribution in [2.45, 2.75) is 39.5 Å². The first kappa shape index (κ1) is 18.3. The second kappa shape index (κ2) is 9.23. The molecule has 0 N–H and O–H groups in total. The van der Waals surface area contributed by atoms with Crippen LogP contribution in [0.2, 0.25) is 0 Å². The van der Waals surface area contributed by atoms with E-state index in [0.717, 1.165) is 0 Å². The molecule has 0 aliphatic heterocycles. The lowest BCUT2D eigenvalue weighted by molar-refractivity contribution is -0.140. The van der Waals surface area contributed by atoms with Gasteiger partial charge in [-0.3, -0.25) is 9.59 Å². The lowest BCUT2D eigenvalue weighted by atomic mass is 10.4. The Kier molecular flexibility index (Phi) is 8.89. The largest absolute Gasteiger partial charge is 0.651 e. The first-order valence-electron chi connectivity index (χ1n) is 5.57. The van der Waals surface area contributed by atoms with Crippen LogP contribution in [0.3, 0.4) is 0 Å². The molecule has 19 heavy (non-hydrogen) atoms. The second-order valence-electron chi connectivity index (χ2n) is 3.39. The molecule has 0 aromatic rings. The van der Waals surface area contributed by atoms with E-state index in [9.17, 15) is 14.2 Å². The molecule has 0 aromatic carbocycles. The van der Waals surface area contributed by atoms with Crippen molar-refractivity contribution >= 4 is 43.0 Å². The summed E-state index contributed by atoms with van der Waals surface area (Å²) >= 11 is 10.6. The summed E-state index contributed by atoms with van der Waals surface area (Å²) < 4.78 is 25.3. The van der Waals surface area contributed by atoms with E-state index < -0.39 is 19.8 Å². The molecule has 0 unspecified atom stereocenters. The van der Waals surface area contributed by atoms with Crippen molar-refractivity contribution in [1.82, 2.24) is 0 Å². The number of phosphoric acid groups is 1. The molecular formula is C10H15Cl2O6P. The fourth-order valence-corrected chi connectivity index (χ4v) is 2.17. The Balaban J connectivity index is 4.80. The molecule has 0 bridgehead atoms. The van der Waals surface area contributed by atoms with E-state index in [4.69, 9.17) is 23.2 Å². The Morgan fingerprint density at radius 3 is 1.79 bits per heavy atom. The Labute approximate surface area is 121 Å². The molecule has 0 aliphatic rings. The average molecular weight is 333 g/mol. The molecular weight excluding hydrogens is 318 g/mol. The zero-order chi connectivity index (χ0) is 14.9. The summed E-state index contributed by atoms with van der Waals surface area (Å²) in [5.41, 5.74) is 0. The van der Waals surface area contributed by atoms with Crippen LogP contribution in [0.4, 0.5) is 0 Å². The van der Waals surface area contributed by atoms with Gasteiger partial charge < -0.3 is 13.6 Å². The van der Waals surface area contributed by atoms with Gasteiger partial charge in [-0.1, -0.05) is 37.0 Å². The number of hydrogen-bond donors (Lipinski definition) is 0. The summed E-state index contributed by atoms with van der Waals surface area (Å²) in [4.78, 5) is 22.6. The van der Waals surface area contributed by atoms with Gasteiger partial charge in [-0.25, -0.2) is 0 Å². The molecule has 0 aliphatic carbocycles. The van der Waals surface area contributed by atoms with Gasteiger partial charge in [-0.15, -0.1) is 0 Å². The van der Waals surface area contributed by atoms with Gasteiger partial charge in [-0.2, -0.15) is 4.57 Å². The van der Waals surface area contributed by atoms with Crippen molar-refractivity contribution in [2.75, 3.05) is 0 Å². The van der Waals surface area contributed by atoms with E-state index in [2.05, 4.69) is 13.6 Å². The van der Waals surface area contributed by atoms with Crippen LogP contribution in [-0.4, -0.2) is 11.9 Å². The van der Waals surface area contributed by atoms with Crippen LogP contribution in [0.15, 0.2) is 10.8 Å². The predicted molar refractivity (Wildman–Crippen MR) is 70.5 cm³/mol. The maximum Gasteiger partial charge on any atom is 0.651 e. The van der Waals surface area contributed by atoms with Crippen molar-refractivity contribution in [3.05, 3.63) is 10.8 Å². The Morgan fingerprint density at radius 2 is 1.47 bits per heavy atom. The molecule has 0 amide bonds. The summed E-state index contributed by atoms with van der Waals surface area (Å²) in [7, 11) is -4.39. The highest BCUT2D eigenvalue weighted by Crippen LogP contribution is 2.51. The maximum atomic E-state index is 12.0. The number of carbonyl (C=O) groups is 2. The van der Waals surface area contributed by atoms with Gasteiger partial charge in [0.1, 0.15) is 10.8 Å². The zero-order valence-corrected chi connectivity index (χ0v) is 13.0. The maximum absolute atomic E-state index is 12.0. The van der Waals surface area contributed by atoms with Crippen molar-refractivity contribution in [2.24, 2.45) is 0 Å². The highest BCUT2D eigenvalue weighted by Gasteiger charge is 2.35. The van der Waals surface area contributed by atoms with Crippen LogP contribution >= 0.6 is 31.0 Å². The van der Waals surface area contributed by atoms with Crippen molar-refractivity contribution in [3.8, 4) is 0 Å². The quantitative estimate of drug-likeness (QED) is 0.492. The van der Waals surface area contributed by atoms with Crippen LogP contribution in [0, 0.1) is 0 Å². The summed E-state index contributed by atoms with van der Waals surface area (Å²) in [6.07, 6.45) is 1.65. The molecule has 0 heterocycles. The fraction of sp³-hybridized carbons (Fsp3) is 0.600. The molecule has 0 saturated carbocycles. The predicted octanol–water partition coefficient (Wildman–Crippen LogP) is 4.07. The minimum absolute atomic E-state index is 0.0109. The minimum atomic E-state index is -4.39. The number of halogens is 2. The topological polar surface area (TPSA) is 78.9 Å². The molecule has 110 valence electrons. The Bertz CT molecular complexity index is 367. The molecule has 0 saturated heterocycles. The first-order chi connectivity index (χ1) is 8.83. The monoisotopic (exact) mass is 332 g/mol. The molecule has 0 atom stereocenters. The van der Waals surface area contributed by atoms with E-state index >= 15 is 0 Å². The summed E-state index contributed by atoms with van der Waals surface area (Å²) in [6, 6.07) is 0. The van der Waals surface area contributed by atoms with E-state index in [1.807, 2.05) is 0 Å². The molecule has 0 radical (unpaired) electrons. The van der Waals surface area contributed by atoms with Crippen molar-refractivity contribution in [1.29, 1.82) is 0 Å². The number of rotatable bonds is 8. The van der Waals surface area contributed by atoms with Gasteiger partial charge in [0.25, 0.3) is 0 Å². The summed E-state index contributed by atoms with van der Waals surface area (Å²) in [5, 5.41) is 0. The van der Waals surface area contributed by atoms with Gasteiger partial charge in [0.15, 0.2) is 0 Å². The van der Waals surface area contributed by atoms with E-state index in [-0.39, 0.29) is 17.3 Å². The average Bonchev–Trinajstić information content (AvgIpc) is 2.26. The number of hydrogen-bond acceptors (Lipinski definition) is 6. The highest BCUT2D eigenvalue weighted by atomic mass is 35.5. The van der Waals surface area contributed by atoms with E-state index in [0.29, 0.717) is 19.1 Å². The van der Waals surface area contributed by atoms with Crippen LogP contribution < -0.4 is 0 Å². The smallest absolute Gasteiger partial charge is 0.391 e. The Morgan fingerprint density at radius 1 is 1.05 bits per heavy atom. The third kappa shape index (κ3) is 8.92. The standard InChI is InChI=1S/C10H15Cl2O6P/c1-3-5-9(13)17-19(15,16-7-8(11)12)18-10(14)6-4-2/h7H,3-6H2,1-2H3. The van der Waals surface area contributed by atoms with Crippen LogP contribution in [0.1, 0.15) is 39.5 Å². The SMILES string of the molecule is CCCC(=O)OP(=O)(OC=C(Cl)Cl)OC(=O)CCC. The molecule has 6 nitrogen and oxygen atoms in total. The van der Waals surface area contributed by atoms with Gasteiger partial charge >= 0.3 is 19.8 Å². The molecule has 0 aromatic heterocycles. The van der Waals surface area contributed by atoms with Crippen molar-refractivity contribution < 1.29 is 27.7 Å². The van der Waals surface area contributed by atoms with Crippen LogP contribution in [-0.2, 0) is 27.7 Å². The van der Waals surface area contributed by atoms with Gasteiger partial charge in [0.2, 0.25) is 0 Å². The normalized spacial score (nSPS) is 10.5. The molecule has 0 spiro atoms. The molecule has 0 fully saturated rings. The lowest BCUT2D eigenvalue weighted by Crippen LogP contribution is -2.09. The lowest BCUT2D eigenvalue weighted by Gasteiger charge is -2.15. The molecule has 9 heteroatoms. The van der Waals surface area contributed by atoms with Crippen molar-refractivity contribution in [3.63, 3.8) is 0 Å². The summed E-state index contributed by atoms with van der Waals surface area (Å²) in [5.74, 6) is -1.62. The molecule has 0 rings (SSSR count). The van der Waals surface area contributed by atoms with Crippen LogP contribution in [0.5, 0.6) is 0 Å². The fourth-order valence-electron chi connectivity index (χ4n) is 0.915. The second-order valence-corrected chi connectivity index (χ2v) is 5.86. The van der Waals surface area contributed by atoms with E-state index in [1.165, 1.54) is 0 Å². The third-order valence-electron chi connectivity index (χ3n) is 1.61. The third-order valence-corrected chi connectivity index (χ3v) is 3.00. The minimum Gasteiger partial charge on any atom is -0.391 e. The highest BCUT2D eigenvalue weighted by molar-refractivity contribution is 7.49. The van der Waals surface area contributed by atoms with Gasteiger partial charge in [0, 0.05) is 12.8 Å².